The van der Waals surface area contributed by atoms with Crippen molar-refractivity contribution >= 4 is 44.9 Å². The molecule has 1 aromatic heterocycles. The topological polar surface area (TPSA) is 61.2 Å². The number of rotatable bonds is 4. The normalized spacial score (nSPS) is 12.2. The van der Waals surface area contributed by atoms with Crippen molar-refractivity contribution in [3.8, 4) is 11.6 Å². The van der Waals surface area contributed by atoms with Gasteiger partial charge < -0.3 is 4.18 Å². The summed E-state index contributed by atoms with van der Waals surface area (Å²) >= 11 is 18.0. The highest BCUT2D eigenvalue weighted by atomic mass is 35.5. The third-order valence-electron chi connectivity index (χ3n) is 3.86. The van der Waals surface area contributed by atoms with E-state index < -0.39 is 10.1 Å². The molecule has 0 aliphatic carbocycles. The van der Waals surface area contributed by atoms with Crippen molar-refractivity contribution in [2.75, 3.05) is 0 Å². The second kappa shape index (κ2) is 7.59. The van der Waals surface area contributed by atoms with Gasteiger partial charge in [-0.15, -0.1) is 0 Å². The molecule has 0 fully saturated rings. The molecule has 3 rings (SSSR count). The van der Waals surface area contributed by atoms with Crippen LogP contribution < -0.4 is 4.18 Å². The van der Waals surface area contributed by atoms with Crippen LogP contribution in [0.2, 0.25) is 15.1 Å². The monoisotopic (exact) mass is 458 g/mol. The van der Waals surface area contributed by atoms with Gasteiger partial charge >= 0.3 is 10.1 Å². The van der Waals surface area contributed by atoms with Gasteiger partial charge in [-0.3, -0.25) is 0 Å². The summed E-state index contributed by atoms with van der Waals surface area (Å²) in [6.07, 6.45) is 0. The third kappa shape index (κ3) is 4.46. The molecule has 2 aromatic carbocycles. The molecule has 9 heteroatoms. The first-order chi connectivity index (χ1) is 13.0. The molecule has 0 spiro atoms. The van der Waals surface area contributed by atoms with Gasteiger partial charge in [0.1, 0.15) is 4.90 Å². The first-order valence-electron chi connectivity index (χ1n) is 8.23. The number of hydrogen-bond acceptors (Lipinski definition) is 4. The molecule has 0 atom stereocenters. The molecule has 148 valence electrons. The largest absolute Gasteiger partial charge is 0.358 e. The number of halogens is 3. The van der Waals surface area contributed by atoms with Gasteiger partial charge in [-0.05, 0) is 36.4 Å². The number of aromatic nitrogens is 2. The van der Waals surface area contributed by atoms with E-state index in [2.05, 4.69) is 5.10 Å². The zero-order chi connectivity index (χ0) is 20.7. The van der Waals surface area contributed by atoms with E-state index in [0.29, 0.717) is 16.4 Å². The van der Waals surface area contributed by atoms with Crippen LogP contribution in [0.15, 0.2) is 53.4 Å². The molecule has 0 N–H and O–H groups in total. The smallest absolute Gasteiger partial charge is 0.342 e. The Kier molecular flexibility index (Phi) is 5.69. The minimum atomic E-state index is -4.25. The summed E-state index contributed by atoms with van der Waals surface area (Å²) in [7, 11) is -4.25. The Balaban J connectivity index is 2.13. The van der Waals surface area contributed by atoms with Crippen LogP contribution in [0.5, 0.6) is 5.88 Å². The van der Waals surface area contributed by atoms with Crippen LogP contribution in [0.1, 0.15) is 26.5 Å². The standard InChI is InChI=1S/C19H17Cl3N2O3S/c1-19(2,3)17-11-18(24(23-17)14-6-4-5-12(20)9-14)27-28(25,26)16-10-13(21)7-8-15(16)22/h4-11H,1-3H3. The molecule has 0 radical (unpaired) electrons. The summed E-state index contributed by atoms with van der Waals surface area (Å²) in [6, 6.07) is 12.6. The van der Waals surface area contributed by atoms with E-state index >= 15 is 0 Å². The van der Waals surface area contributed by atoms with Gasteiger partial charge in [-0.2, -0.15) is 18.2 Å². The van der Waals surface area contributed by atoms with Gasteiger partial charge in [0.15, 0.2) is 0 Å². The van der Waals surface area contributed by atoms with E-state index in [0.717, 1.165) is 0 Å². The van der Waals surface area contributed by atoms with Crippen LogP contribution in [0, 0.1) is 0 Å². The predicted molar refractivity (Wildman–Crippen MR) is 112 cm³/mol. The summed E-state index contributed by atoms with van der Waals surface area (Å²) in [5.41, 5.74) is 0.875. The van der Waals surface area contributed by atoms with Crippen molar-refractivity contribution in [2.45, 2.75) is 31.1 Å². The maximum absolute atomic E-state index is 12.9. The van der Waals surface area contributed by atoms with Crippen molar-refractivity contribution in [3.05, 3.63) is 69.3 Å². The lowest BCUT2D eigenvalue weighted by Gasteiger charge is -2.13. The van der Waals surface area contributed by atoms with Crippen molar-refractivity contribution in [3.63, 3.8) is 0 Å². The second-order valence-corrected chi connectivity index (χ2v) is 9.92. The Morgan fingerprint density at radius 2 is 1.64 bits per heavy atom. The Bertz CT molecular complexity index is 1140. The molecule has 0 unspecified atom stereocenters. The lowest BCUT2D eigenvalue weighted by Crippen LogP contribution is -2.13. The van der Waals surface area contributed by atoms with Crippen LogP contribution in [0.4, 0.5) is 0 Å². The molecule has 0 aliphatic rings. The minimum absolute atomic E-state index is 0.00858. The first-order valence-corrected chi connectivity index (χ1v) is 10.8. The average molecular weight is 460 g/mol. The van der Waals surface area contributed by atoms with Crippen molar-refractivity contribution in [1.82, 2.24) is 9.78 Å². The van der Waals surface area contributed by atoms with E-state index in [1.165, 1.54) is 22.9 Å². The quantitative estimate of drug-likeness (QED) is 0.456. The van der Waals surface area contributed by atoms with Gasteiger partial charge in [0.05, 0.1) is 16.4 Å². The molecular formula is C19H17Cl3N2O3S. The molecule has 5 nitrogen and oxygen atoms in total. The molecule has 0 aliphatic heterocycles. The van der Waals surface area contributed by atoms with Crippen LogP contribution in [-0.2, 0) is 15.5 Å². The maximum atomic E-state index is 12.9. The summed E-state index contributed by atoms with van der Waals surface area (Å²) in [6.45, 7) is 5.89. The van der Waals surface area contributed by atoms with E-state index in [9.17, 15) is 8.42 Å². The van der Waals surface area contributed by atoms with Crippen molar-refractivity contribution in [1.29, 1.82) is 0 Å². The average Bonchev–Trinajstić information content (AvgIpc) is 3.00. The predicted octanol–water partition coefficient (Wildman–Crippen LogP) is 5.90. The van der Waals surface area contributed by atoms with Crippen LogP contribution in [-0.4, -0.2) is 18.2 Å². The Morgan fingerprint density at radius 1 is 0.964 bits per heavy atom. The first kappa shape index (κ1) is 21.0. The van der Waals surface area contributed by atoms with E-state index in [4.69, 9.17) is 39.0 Å². The van der Waals surface area contributed by atoms with Gasteiger partial charge in [-0.25, -0.2) is 0 Å². The van der Waals surface area contributed by atoms with Crippen molar-refractivity contribution in [2.24, 2.45) is 0 Å². The minimum Gasteiger partial charge on any atom is -0.358 e. The summed E-state index contributed by atoms with van der Waals surface area (Å²) < 4.78 is 32.5. The van der Waals surface area contributed by atoms with Gasteiger partial charge in [-0.1, -0.05) is 61.6 Å². The summed E-state index contributed by atoms with van der Waals surface area (Å²) in [5, 5.41) is 5.24. The van der Waals surface area contributed by atoms with E-state index in [1.54, 1.807) is 30.3 Å². The highest BCUT2D eigenvalue weighted by molar-refractivity contribution is 7.87. The van der Waals surface area contributed by atoms with Crippen LogP contribution in [0.3, 0.4) is 0 Å². The van der Waals surface area contributed by atoms with Crippen LogP contribution in [0.25, 0.3) is 5.69 Å². The zero-order valence-corrected chi connectivity index (χ0v) is 18.4. The fraction of sp³-hybridized carbons (Fsp3) is 0.211. The third-order valence-corrected chi connectivity index (χ3v) is 6.03. The van der Waals surface area contributed by atoms with Gasteiger partial charge in [0, 0.05) is 21.5 Å². The lowest BCUT2D eigenvalue weighted by molar-refractivity contribution is 0.465. The maximum Gasteiger partial charge on any atom is 0.342 e. The molecule has 28 heavy (non-hydrogen) atoms. The summed E-state index contributed by atoms with van der Waals surface area (Å²) in [5.74, 6) is 0.0169. The van der Waals surface area contributed by atoms with Crippen molar-refractivity contribution < 1.29 is 12.6 Å². The Morgan fingerprint density at radius 3 is 2.29 bits per heavy atom. The summed E-state index contributed by atoms with van der Waals surface area (Å²) in [4.78, 5) is -0.224. The Hall–Kier alpha value is -1.73. The van der Waals surface area contributed by atoms with E-state index in [-0.39, 0.29) is 26.2 Å². The fourth-order valence-corrected chi connectivity index (χ4v) is 4.24. The fourth-order valence-electron chi connectivity index (χ4n) is 2.41. The molecule has 0 saturated carbocycles. The molecule has 0 amide bonds. The van der Waals surface area contributed by atoms with E-state index in [1.807, 2.05) is 20.8 Å². The van der Waals surface area contributed by atoms with Crippen LogP contribution >= 0.6 is 34.8 Å². The second-order valence-electron chi connectivity index (χ2n) is 7.12. The number of benzene rings is 2. The molecule has 1 heterocycles. The zero-order valence-electron chi connectivity index (χ0n) is 15.3. The molecule has 0 saturated heterocycles. The molecule has 3 aromatic rings. The van der Waals surface area contributed by atoms with Gasteiger partial charge in [0.2, 0.25) is 5.88 Å². The molecule has 0 bridgehead atoms. The number of hydrogen-bond donors (Lipinski definition) is 0. The lowest BCUT2D eigenvalue weighted by atomic mass is 9.93. The Labute approximate surface area is 178 Å². The van der Waals surface area contributed by atoms with Gasteiger partial charge in [0.25, 0.3) is 0 Å². The highest BCUT2D eigenvalue weighted by Gasteiger charge is 2.27. The molecular weight excluding hydrogens is 443 g/mol. The highest BCUT2D eigenvalue weighted by Crippen LogP contribution is 2.32. The SMILES string of the molecule is CC(C)(C)c1cc(OS(=O)(=O)c2cc(Cl)ccc2Cl)n(-c2cccc(Cl)c2)n1. The number of nitrogens with zero attached hydrogens (tertiary/aromatic N) is 2.